The molecule has 0 bridgehead atoms. The number of aliphatic carboxylic acids is 1. The molecule has 0 aliphatic carbocycles. The molecule has 0 saturated carbocycles. The monoisotopic (exact) mass is 258 g/mol. The van der Waals surface area contributed by atoms with Crippen LogP contribution in [0.4, 0.5) is 4.79 Å². The van der Waals surface area contributed by atoms with Crippen LogP contribution in [0.2, 0.25) is 0 Å². The molecule has 18 heavy (non-hydrogen) atoms. The van der Waals surface area contributed by atoms with Gasteiger partial charge in [-0.25, -0.2) is 9.59 Å². The average Bonchev–Trinajstić information content (AvgIpc) is 2.73. The Labute approximate surface area is 103 Å². The number of rotatable bonds is 6. The van der Waals surface area contributed by atoms with Gasteiger partial charge < -0.3 is 25.0 Å². The highest BCUT2D eigenvalue weighted by molar-refractivity contribution is 5.76. The number of ether oxygens (including phenoxy) is 1. The fourth-order valence-corrected chi connectivity index (χ4v) is 1.09. The summed E-state index contributed by atoms with van der Waals surface area (Å²) in [5.74, 6) is -0.409. The van der Waals surface area contributed by atoms with E-state index in [0.717, 1.165) is 0 Å². The zero-order valence-electron chi connectivity index (χ0n) is 9.97. The van der Waals surface area contributed by atoms with Crippen molar-refractivity contribution in [1.29, 1.82) is 0 Å². The molecule has 100 valence electrons. The van der Waals surface area contributed by atoms with E-state index in [1.807, 2.05) is 0 Å². The summed E-state index contributed by atoms with van der Waals surface area (Å²) in [4.78, 5) is 25.8. The number of carboxylic acid groups (broad SMARTS) is 1. The number of aryl methyl sites for hydroxylation is 1. The number of amides is 2. The molecule has 0 radical (unpaired) electrons. The Morgan fingerprint density at radius 1 is 1.50 bits per heavy atom. The second-order valence-electron chi connectivity index (χ2n) is 3.36. The van der Waals surface area contributed by atoms with E-state index in [4.69, 9.17) is 9.63 Å². The third kappa shape index (κ3) is 4.37. The number of aromatic nitrogens is 2. The molecule has 1 heterocycles. The van der Waals surface area contributed by atoms with Crippen LogP contribution >= 0.6 is 0 Å². The predicted octanol–water partition coefficient (Wildman–Crippen LogP) is -0.723. The summed E-state index contributed by atoms with van der Waals surface area (Å²) in [5, 5.41) is 17.0. The van der Waals surface area contributed by atoms with Gasteiger partial charge in [-0.3, -0.25) is 0 Å². The van der Waals surface area contributed by atoms with Gasteiger partial charge in [0.2, 0.25) is 5.89 Å². The summed E-state index contributed by atoms with van der Waals surface area (Å²) in [6.07, 6.45) is -1.08. The maximum Gasteiger partial charge on any atom is 0.334 e. The second-order valence-corrected chi connectivity index (χ2v) is 3.36. The highest BCUT2D eigenvalue weighted by Gasteiger charge is 2.17. The summed E-state index contributed by atoms with van der Waals surface area (Å²) in [6, 6.07) is -0.541. The maximum atomic E-state index is 11.3. The predicted molar refractivity (Wildman–Crippen MR) is 57.7 cm³/mol. The Balaban J connectivity index is 2.27. The van der Waals surface area contributed by atoms with Crippen molar-refractivity contribution in [2.45, 2.75) is 19.6 Å². The molecule has 0 aliphatic rings. The Bertz CT molecular complexity index is 419. The van der Waals surface area contributed by atoms with Crippen molar-refractivity contribution < 1.29 is 24.0 Å². The average molecular weight is 258 g/mol. The molecule has 1 unspecified atom stereocenters. The van der Waals surface area contributed by atoms with Gasteiger partial charge in [0.15, 0.2) is 11.9 Å². The number of carboxylic acids is 1. The van der Waals surface area contributed by atoms with Crippen molar-refractivity contribution in [3.05, 3.63) is 11.7 Å². The van der Waals surface area contributed by atoms with Crippen LogP contribution in [0.5, 0.6) is 0 Å². The molecule has 0 aromatic carbocycles. The number of methoxy groups -OCH3 is 1. The quantitative estimate of drug-likeness (QED) is 0.614. The number of carbonyl (C=O) groups excluding carboxylic acids is 1. The van der Waals surface area contributed by atoms with E-state index in [2.05, 4.69) is 25.5 Å². The largest absolute Gasteiger partial charge is 0.479 e. The number of urea groups is 1. The van der Waals surface area contributed by atoms with Crippen LogP contribution < -0.4 is 10.6 Å². The van der Waals surface area contributed by atoms with Gasteiger partial charge >= 0.3 is 12.0 Å². The Hall–Kier alpha value is -2.16. The van der Waals surface area contributed by atoms with Crippen molar-refractivity contribution in [2.75, 3.05) is 13.7 Å². The van der Waals surface area contributed by atoms with Gasteiger partial charge in [-0.2, -0.15) is 4.98 Å². The zero-order chi connectivity index (χ0) is 13.5. The standard InChI is InChI=1S/C9H14N4O5/c1-5-12-7(13-18-5)4-11-9(16)10-3-6(17-2)8(14)15/h6H,3-4H2,1-2H3,(H,14,15)(H2,10,11,16). The minimum Gasteiger partial charge on any atom is -0.479 e. The van der Waals surface area contributed by atoms with Crippen molar-refractivity contribution in [3.63, 3.8) is 0 Å². The van der Waals surface area contributed by atoms with Crippen molar-refractivity contribution in [1.82, 2.24) is 20.8 Å². The number of carbonyl (C=O) groups is 2. The topological polar surface area (TPSA) is 127 Å². The van der Waals surface area contributed by atoms with Crippen LogP contribution in [0.1, 0.15) is 11.7 Å². The molecule has 2 amide bonds. The molecule has 9 heteroatoms. The minimum absolute atomic E-state index is 0.0912. The third-order valence-corrected chi connectivity index (χ3v) is 1.98. The normalized spacial score (nSPS) is 11.9. The van der Waals surface area contributed by atoms with Crippen molar-refractivity contribution in [2.24, 2.45) is 0 Å². The Kier molecular flexibility index (Phi) is 5.06. The molecule has 9 nitrogen and oxygen atoms in total. The minimum atomic E-state index is -1.15. The first-order valence-electron chi connectivity index (χ1n) is 5.09. The van der Waals surface area contributed by atoms with Crippen LogP contribution in [0.25, 0.3) is 0 Å². The van der Waals surface area contributed by atoms with Gasteiger partial charge in [-0.15, -0.1) is 0 Å². The lowest BCUT2D eigenvalue weighted by Gasteiger charge is -2.11. The molecular formula is C9H14N4O5. The summed E-state index contributed by atoms with van der Waals surface area (Å²) in [7, 11) is 1.25. The van der Waals surface area contributed by atoms with Crippen LogP contribution in [-0.2, 0) is 16.1 Å². The first kappa shape index (κ1) is 13.9. The number of hydrogen-bond acceptors (Lipinski definition) is 6. The first-order chi connectivity index (χ1) is 8.52. The molecule has 0 fully saturated rings. The van der Waals surface area contributed by atoms with Gasteiger partial charge in [0.05, 0.1) is 13.1 Å². The highest BCUT2D eigenvalue weighted by Crippen LogP contribution is 1.93. The van der Waals surface area contributed by atoms with E-state index in [1.54, 1.807) is 6.92 Å². The SMILES string of the molecule is COC(CNC(=O)NCc1noc(C)n1)C(=O)O. The fraction of sp³-hybridized carbons (Fsp3) is 0.556. The smallest absolute Gasteiger partial charge is 0.334 e. The molecule has 1 atom stereocenters. The van der Waals surface area contributed by atoms with Crippen LogP contribution in [0.15, 0.2) is 4.52 Å². The highest BCUT2D eigenvalue weighted by atomic mass is 16.5. The van der Waals surface area contributed by atoms with E-state index in [0.29, 0.717) is 11.7 Å². The molecule has 0 saturated heterocycles. The van der Waals surface area contributed by atoms with Crippen LogP contribution in [0, 0.1) is 6.92 Å². The van der Waals surface area contributed by atoms with Gasteiger partial charge in [0.1, 0.15) is 0 Å². The fourth-order valence-electron chi connectivity index (χ4n) is 1.09. The summed E-state index contributed by atoms with van der Waals surface area (Å²) < 4.78 is 9.36. The molecule has 1 rings (SSSR count). The second kappa shape index (κ2) is 6.55. The third-order valence-electron chi connectivity index (χ3n) is 1.98. The summed E-state index contributed by atoms with van der Waals surface area (Å²) in [6.45, 7) is 1.59. The van der Waals surface area contributed by atoms with Crippen molar-refractivity contribution >= 4 is 12.0 Å². The van der Waals surface area contributed by atoms with E-state index in [-0.39, 0.29) is 13.1 Å². The van der Waals surface area contributed by atoms with Crippen LogP contribution in [0.3, 0.4) is 0 Å². The molecule has 1 aromatic rings. The molecular weight excluding hydrogens is 244 g/mol. The van der Waals surface area contributed by atoms with Gasteiger partial charge in [-0.05, 0) is 0 Å². The number of nitrogens with one attached hydrogen (secondary N) is 2. The molecule has 1 aromatic heterocycles. The van der Waals surface area contributed by atoms with E-state index < -0.39 is 18.1 Å². The lowest BCUT2D eigenvalue weighted by molar-refractivity contribution is -0.147. The maximum absolute atomic E-state index is 11.3. The van der Waals surface area contributed by atoms with Gasteiger partial charge in [0.25, 0.3) is 0 Å². The number of nitrogens with zero attached hydrogens (tertiary/aromatic N) is 2. The summed E-state index contributed by atoms with van der Waals surface area (Å²) in [5.41, 5.74) is 0. The number of hydrogen-bond donors (Lipinski definition) is 3. The first-order valence-corrected chi connectivity index (χ1v) is 5.09. The van der Waals surface area contributed by atoms with Crippen LogP contribution in [-0.4, -0.2) is 47.0 Å². The van der Waals surface area contributed by atoms with E-state index >= 15 is 0 Å². The van der Waals surface area contributed by atoms with Gasteiger partial charge in [-0.1, -0.05) is 5.16 Å². The molecule has 0 spiro atoms. The molecule has 3 N–H and O–H groups in total. The lowest BCUT2D eigenvalue weighted by atomic mass is 10.3. The summed E-state index contributed by atoms with van der Waals surface area (Å²) >= 11 is 0. The molecule has 0 aliphatic heterocycles. The zero-order valence-corrected chi connectivity index (χ0v) is 9.97. The van der Waals surface area contributed by atoms with E-state index in [1.165, 1.54) is 7.11 Å². The lowest BCUT2D eigenvalue weighted by Crippen LogP contribution is -2.42. The van der Waals surface area contributed by atoms with Gasteiger partial charge in [0, 0.05) is 14.0 Å². The van der Waals surface area contributed by atoms with E-state index in [9.17, 15) is 9.59 Å². The Morgan fingerprint density at radius 3 is 2.72 bits per heavy atom. The Morgan fingerprint density at radius 2 is 2.22 bits per heavy atom. The van der Waals surface area contributed by atoms with Crippen molar-refractivity contribution in [3.8, 4) is 0 Å².